The summed E-state index contributed by atoms with van der Waals surface area (Å²) in [6, 6.07) is 6.31. The van der Waals surface area contributed by atoms with Gasteiger partial charge in [0.2, 0.25) is 0 Å². The Labute approximate surface area is 121 Å². The van der Waals surface area contributed by atoms with Crippen LogP contribution in [0.3, 0.4) is 0 Å². The van der Waals surface area contributed by atoms with E-state index in [9.17, 15) is 18.3 Å². The Hall–Kier alpha value is -1.27. The maximum Gasteiger partial charge on any atom is 0.573 e. The van der Waals surface area contributed by atoms with Crippen molar-refractivity contribution in [1.29, 1.82) is 0 Å². The number of benzene rings is 1. The van der Waals surface area contributed by atoms with Crippen LogP contribution in [0.25, 0.3) is 0 Å². The van der Waals surface area contributed by atoms with Crippen molar-refractivity contribution >= 4 is 0 Å². The van der Waals surface area contributed by atoms with E-state index in [1.165, 1.54) is 18.2 Å². The lowest BCUT2D eigenvalue weighted by atomic mass is 9.80. The lowest BCUT2D eigenvalue weighted by molar-refractivity contribution is -0.274. The van der Waals surface area contributed by atoms with Gasteiger partial charge < -0.3 is 14.7 Å². The zero-order valence-electron chi connectivity index (χ0n) is 11.7. The van der Waals surface area contributed by atoms with Gasteiger partial charge in [-0.1, -0.05) is 12.1 Å². The van der Waals surface area contributed by atoms with E-state index < -0.39 is 12.0 Å². The summed E-state index contributed by atoms with van der Waals surface area (Å²) in [6.45, 7) is 0. The smallest absolute Gasteiger partial charge is 0.406 e. The molecule has 1 N–H and O–H groups in total. The highest BCUT2D eigenvalue weighted by atomic mass is 19.4. The van der Waals surface area contributed by atoms with E-state index in [0.29, 0.717) is 30.5 Å². The van der Waals surface area contributed by atoms with E-state index in [-0.39, 0.29) is 5.75 Å². The lowest BCUT2D eigenvalue weighted by Gasteiger charge is -2.42. The van der Waals surface area contributed by atoms with Crippen molar-refractivity contribution in [3.05, 3.63) is 29.8 Å². The molecule has 0 amide bonds. The zero-order valence-corrected chi connectivity index (χ0v) is 11.7. The van der Waals surface area contributed by atoms with Crippen LogP contribution in [0.2, 0.25) is 0 Å². The molecule has 116 valence electrons. The van der Waals surface area contributed by atoms with Gasteiger partial charge in [-0.15, -0.1) is 13.2 Å². The topological polar surface area (TPSA) is 32.7 Å². The highest BCUT2D eigenvalue weighted by Crippen LogP contribution is 2.45. The van der Waals surface area contributed by atoms with Gasteiger partial charge >= 0.3 is 6.36 Å². The average Bonchev–Trinajstić information content (AvgIpc) is 2.60. The summed E-state index contributed by atoms with van der Waals surface area (Å²) in [5, 5.41) is 10.9. The quantitative estimate of drug-likeness (QED) is 0.911. The number of nitrogens with zero attached hydrogens (tertiary/aromatic N) is 1. The summed E-state index contributed by atoms with van der Waals surface area (Å²) < 4.78 is 40.9. The van der Waals surface area contributed by atoms with Gasteiger partial charge in [-0.3, -0.25) is 0 Å². The highest BCUT2D eigenvalue weighted by molar-refractivity contribution is 5.33. The second-order valence-corrected chi connectivity index (χ2v) is 6.07. The molecule has 2 aliphatic heterocycles. The van der Waals surface area contributed by atoms with Crippen LogP contribution >= 0.6 is 0 Å². The van der Waals surface area contributed by atoms with Gasteiger partial charge in [0.15, 0.2) is 0 Å². The van der Waals surface area contributed by atoms with Crippen LogP contribution in [-0.4, -0.2) is 35.5 Å². The Kier molecular flexibility index (Phi) is 3.41. The van der Waals surface area contributed by atoms with Crippen LogP contribution in [-0.2, 0) is 5.60 Å². The van der Waals surface area contributed by atoms with Crippen molar-refractivity contribution in [3.63, 3.8) is 0 Å². The molecular formula is C15H18F3NO2. The number of alkyl halides is 3. The predicted molar refractivity (Wildman–Crippen MR) is 70.8 cm³/mol. The zero-order chi connectivity index (χ0) is 15.3. The minimum Gasteiger partial charge on any atom is -0.406 e. The molecule has 0 spiro atoms. The van der Waals surface area contributed by atoms with Crippen LogP contribution in [0.5, 0.6) is 5.75 Å². The van der Waals surface area contributed by atoms with Crippen LogP contribution in [0.4, 0.5) is 13.2 Å². The summed E-state index contributed by atoms with van der Waals surface area (Å²) in [7, 11) is 2.05. The first kappa shape index (κ1) is 14.7. The van der Waals surface area contributed by atoms with Gasteiger partial charge in [-0.05, 0) is 50.4 Å². The molecule has 0 aromatic heterocycles. The monoisotopic (exact) mass is 301 g/mol. The van der Waals surface area contributed by atoms with E-state index in [1.54, 1.807) is 6.07 Å². The van der Waals surface area contributed by atoms with Crippen molar-refractivity contribution in [2.45, 2.75) is 49.7 Å². The maximum atomic E-state index is 12.3. The number of rotatable bonds is 2. The van der Waals surface area contributed by atoms with Crippen molar-refractivity contribution in [3.8, 4) is 5.75 Å². The van der Waals surface area contributed by atoms with Crippen molar-refractivity contribution in [2.24, 2.45) is 0 Å². The van der Waals surface area contributed by atoms with Crippen LogP contribution in [0.15, 0.2) is 24.3 Å². The summed E-state index contributed by atoms with van der Waals surface area (Å²) in [5.41, 5.74) is -0.558. The van der Waals surface area contributed by atoms with Gasteiger partial charge in [0.1, 0.15) is 5.75 Å². The van der Waals surface area contributed by atoms with Gasteiger partial charge in [0, 0.05) is 12.1 Å². The van der Waals surface area contributed by atoms with Crippen molar-refractivity contribution in [2.75, 3.05) is 7.05 Å². The standard InChI is InChI=1S/C15H18F3NO2/c1-19-11-5-6-12(19)9-14(20,8-11)10-3-2-4-13(7-10)21-15(16,17)18/h2-4,7,11-12,20H,5-6,8-9H2,1H3. The maximum absolute atomic E-state index is 12.3. The number of hydrogen-bond acceptors (Lipinski definition) is 3. The molecule has 2 unspecified atom stereocenters. The molecule has 0 radical (unpaired) electrons. The minimum atomic E-state index is -4.72. The minimum absolute atomic E-state index is 0.278. The second-order valence-electron chi connectivity index (χ2n) is 6.07. The Balaban J connectivity index is 1.85. The number of aliphatic hydroxyl groups is 1. The summed E-state index contributed by atoms with van der Waals surface area (Å²) in [6.07, 6.45) is -1.55. The molecule has 2 bridgehead atoms. The number of fused-ring (bicyclic) bond motifs is 2. The first-order chi connectivity index (χ1) is 9.77. The number of piperidine rings is 1. The molecule has 3 rings (SSSR count). The summed E-state index contributed by atoms with van der Waals surface area (Å²) >= 11 is 0. The predicted octanol–water partition coefficient (Wildman–Crippen LogP) is 3.03. The van der Waals surface area contributed by atoms with Gasteiger partial charge in [0.05, 0.1) is 5.60 Å². The number of hydrogen-bond donors (Lipinski definition) is 1. The Morgan fingerprint density at radius 1 is 1.24 bits per heavy atom. The molecular weight excluding hydrogens is 283 g/mol. The van der Waals surface area contributed by atoms with E-state index in [4.69, 9.17) is 0 Å². The van der Waals surface area contributed by atoms with E-state index in [1.807, 2.05) is 7.05 Å². The largest absolute Gasteiger partial charge is 0.573 e. The van der Waals surface area contributed by atoms with Crippen LogP contribution in [0.1, 0.15) is 31.2 Å². The first-order valence-corrected chi connectivity index (χ1v) is 7.07. The number of ether oxygens (including phenoxy) is 1. The van der Waals surface area contributed by atoms with Crippen molar-refractivity contribution in [1.82, 2.24) is 4.90 Å². The SMILES string of the molecule is CN1C2CCC1CC(O)(c1cccc(OC(F)(F)F)c1)C2. The Morgan fingerprint density at radius 2 is 1.86 bits per heavy atom. The Morgan fingerprint density at radius 3 is 2.43 bits per heavy atom. The molecule has 21 heavy (non-hydrogen) atoms. The van der Waals surface area contributed by atoms with Crippen LogP contribution in [0, 0.1) is 0 Å². The summed E-state index contributed by atoms with van der Waals surface area (Å²) in [4.78, 5) is 2.27. The highest BCUT2D eigenvalue weighted by Gasteiger charge is 2.47. The van der Waals surface area contributed by atoms with Crippen molar-refractivity contribution < 1.29 is 23.0 Å². The van der Waals surface area contributed by atoms with Gasteiger partial charge in [-0.25, -0.2) is 0 Å². The molecule has 2 fully saturated rings. The molecule has 2 atom stereocenters. The van der Waals surface area contributed by atoms with Gasteiger partial charge in [0.25, 0.3) is 0 Å². The second kappa shape index (κ2) is 4.88. The van der Waals surface area contributed by atoms with E-state index in [0.717, 1.165) is 12.8 Å². The molecule has 0 aliphatic carbocycles. The summed E-state index contributed by atoms with van der Waals surface area (Å²) in [5.74, 6) is -0.278. The molecule has 3 nitrogen and oxygen atoms in total. The van der Waals surface area contributed by atoms with Gasteiger partial charge in [-0.2, -0.15) is 0 Å². The lowest BCUT2D eigenvalue weighted by Crippen LogP contribution is -2.47. The molecule has 2 saturated heterocycles. The molecule has 2 heterocycles. The Bertz CT molecular complexity index is 518. The molecule has 6 heteroatoms. The third-order valence-electron chi connectivity index (χ3n) is 4.74. The normalized spacial score (nSPS) is 33.2. The fourth-order valence-corrected chi connectivity index (χ4v) is 3.66. The molecule has 0 saturated carbocycles. The van der Waals surface area contributed by atoms with E-state index in [2.05, 4.69) is 9.64 Å². The molecule has 1 aromatic carbocycles. The average molecular weight is 301 g/mol. The first-order valence-electron chi connectivity index (χ1n) is 7.07. The third-order valence-corrected chi connectivity index (χ3v) is 4.74. The fraction of sp³-hybridized carbons (Fsp3) is 0.600. The molecule has 2 aliphatic rings. The van der Waals surface area contributed by atoms with E-state index >= 15 is 0 Å². The van der Waals surface area contributed by atoms with Crippen LogP contribution < -0.4 is 4.74 Å². The number of halogens is 3. The fourth-order valence-electron chi connectivity index (χ4n) is 3.66. The molecule has 1 aromatic rings. The third kappa shape index (κ3) is 2.87.